The van der Waals surface area contributed by atoms with E-state index in [9.17, 15) is 0 Å². The van der Waals surface area contributed by atoms with E-state index in [0.717, 1.165) is 24.3 Å². The summed E-state index contributed by atoms with van der Waals surface area (Å²) in [5.74, 6) is 0. The van der Waals surface area contributed by atoms with Crippen LogP contribution in [0.4, 0.5) is 0 Å². The third-order valence-corrected chi connectivity index (χ3v) is 2.47. The minimum Gasteiger partial charge on any atom is -0.252 e. The maximum atomic E-state index is 5.02. The van der Waals surface area contributed by atoms with Gasteiger partial charge in [-0.25, -0.2) is 4.99 Å². The fourth-order valence-electron chi connectivity index (χ4n) is 1.40. The monoisotopic (exact) mass is 261 g/mol. The predicted octanol–water partition coefficient (Wildman–Crippen LogP) is 3.35. The lowest BCUT2D eigenvalue weighted by molar-refractivity contribution is 0.968. The zero-order chi connectivity index (χ0) is 13.4. The van der Waals surface area contributed by atoms with Crippen LogP contribution in [0.25, 0.3) is 0 Å². The summed E-state index contributed by atoms with van der Waals surface area (Å²) in [4.78, 5) is 4.10. The van der Waals surface area contributed by atoms with E-state index in [-0.39, 0.29) is 0 Å². The summed E-state index contributed by atoms with van der Waals surface area (Å²) in [5.41, 5.74) is 6.04. The van der Waals surface area contributed by atoms with Crippen LogP contribution in [0.1, 0.15) is 32.8 Å². The molecule has 4 heteroatoms. The highest BCUT2D eigenvalue weighted by Crippen LogP contribution is 2.03. The highest BCUT2D eigenvalue weighted by molar-refractivity contribution is 7.80. The van der Waals surface area contributed by atoms with Gasteiger partial charge < -0.3 is 0 Å². The smallest absolute Gasteiger partial charge is 0.213 e. The van der Waals surface area contributed by atoms with Gasteiger partial charge in [-0.2, -0.15) is 5.10 Å². The number of thiocarbonyl (C=S) groups is 1. The summed E-state index contributed by atoms with van der Waals surface area (Å²) < 4.78 is 0. The Labute approximate surface area is 114 Å². The average molecular weight is 261 g/mol. The second kappa shape index (κ2) is 7.71. The van der Waals surface area contributed by atoms with E-state index < -0.39 is 0 Å². The second-order valence-corrected chi connectivity index (χ2v) is 4.70. The van der Waals surface area contributed by atoms with Gasteiger partial charge in [0.05, 0.1) is 0 Å². The van der Waals surface area contributed by atoms with E-state index >= 15 is 0 Å². The van der Waals surface area contributed by atoms with E-state index in [4.69, 9.17) is 12.2 Å². The highest BCUT2D eigenvalue weighted by Gasteiger charge is 1.96. The molecule has 96 valence electrons. The average Bonchev–Trinajstić information content (AvgIpc) is 2.34. The maximum Gasteiger partial charge on any atom is 0.213 e. The van der Waals surface area contributed by atoms with Crippen molar-refractivity contribution in [2.24, 2.45) is 10.1 Å². The van der Waals surface area contributed by atoms with Crippen molar-refractivity contribution in [1.29, 1.82) is 0 Å². The van der Waals surface area contributed by atoms with Crippen LogP contribution < -0.4 is 5.43 Å². The molecule has 0 saturated carbocycles. The first-order valence-corrected chi connectivity index (χ1v) is 6.37. The molecular formula is C14H19N3S. The lowest BCUT2D eigenvalue weighted by Crippen LogP contribution is -2.15. The van der Waals surface area contributed by atoms with Crippen molar-refractivity contribution in [3.05, 3.63) is 35.9 Å². The fraction of sp³-hybridized carbons (Fsp3) is 0.357. The molecule has 1 aromatic rings. The number of hydrogen-bond acceptors (Lipinski definition) is 2. The van der Waals surface area contributed by atoms with Crippen LogP contribution in [-0.4, -0.2) is 16.5 Å². The number of aryl methyl sites for hydroxylation is 1. The number of nitrogens with one attached hydrogen (secondary N) is 1. The van der Waals surface area contributed by atoms with Crippen LogP contribution in [0.3, 0.4) is 0 Å². The Morgan fingerprint density at radius 2 is 1.83 bits per heavy atom. The van der Waals surface area contributed by atoms with Crippen molar-refractivity contribution in [1.82, 2.24) is 5.43 Å². The van der Waals surface area contributed by atoms with E-state index in [1.54, 1.807) is 0 Å². The Morgan fingerprint density at radius 3 is 2.44 bits per heavy atom. The Kier molecular flexibility index (Phi) is 6.22. The number of hydrazone groups is 1. The zero-order valence-corrected chi connectivity index (χ0v) is 11.9. The van der Waals surface area contributed by atoms with Crippen molar-refractivity contribution in [3.8, 4) is 0 Å². The van der Waals surface area contributed by atoms with Gasteiger partial charge in [-0.1, -0.05) is 30.3 Å². The number of aliphatic imine (C=N–C) groups is 1. The van der Waals surface area contributed by atoms with E-state index in [0.29, 0.717) is 5.11 Å². The third-order valence-electron chi connectivity index (χ3n) is 2.29. The van der Waals surface area contributed by atoms with Crippen LogP contribution >= 0.6 is 12.2 Å². The van der Waals surface area contributed by atoms with Crippen molar-refractivity contribution in [2.45, 2.75) is 33.6 Å². The largest absolute Gasteiger partial charge is 0.252 e. The molecule has 18 heavy (non-hydrogen) atoms. The van der Waals surface area contributed by atoms with Gasteiger partial charge in [-0.05, 0) is 51.4 Å². The molecule has 0 unspecified atom stereocenters. The molecule has 0 aromatic heterocycles. The highest BCUT2D eigenvalue weighted by atomic mass is 32.1. The quantitative estimate of drug-likeness (QED) is 0.512. The molecule has 1 rings (SSSR count). The van der Waals surface area contributed by atoms with Gasteiger partial charge in [0.15, 0.2) is 0 Å². The summed E-state index contributed by atoms with van der Waals surface area (Å²) >= 11 is 5.02. The van der Waals surface area contributed by atoms with E-state index in [1.807, 2.05) is 39.0 Å². The molecule has 0 aliphatic heterocycles. The minimum absolute atomic E-state index is 0.411. The van der Waals surface area contributed by atoms with Crippen molar-refractivity contribution < 1.29 is 0 Å². The molecule has 0 fully saturated rings. The van der Waals surface area contributed by atoms with Gasteiger partial charge in [0.1, 0.15) is 0 Å². The molecule has 0 radical (unpaired) electrons. The molecular weight excluding hydrogens is 242 g/mol. The van der Waals surface area contributed by atoms with E-state index in [2.05, 4.69) is 27.7 Å². The molecule has 0 aliphatic carbocycles. The van der Waals surface area contributed by atoms with Crippen LogP contribution in [-0.2, 0) is 6.42 Å². The van der Waals surface area contributed by atoms with Crippen molar-refractivity contribution in [2.75, 3.05) is 0 Å². The van der Waals surface area contributed by atoms with Gasteiger partial charge in [0.2, 0.25) is 5.11 Å². The number of benzene rings is 1. The van der Waals surface area contributed by atoms with E-state index in [1.165, 1.54) is 5.56 Å². The number of rotatable bonds is 4. The molecule has 0 aliphatic rings. The minimum atomic E-state index is 0.411. The maximum absolute atomic E-state index is 5.02. The third kappa shape index (κ3) is 6.25. The summed E-state index contributed by atoms with van der Waals surface area (Å²) in [6.07, 6.45) is 1.90. The zero-order valence-electron chi connectivity index (χ0n) is 11.1. The molecule has 0 bridgehead atoms. The van der Waals surface area contributed by atoms with Gasteiger partial charge in [0, 0.05) is 11.4 Å². The first-order chi connectivity index (χ1) is 8.58. The molecule has 1 aromatic carbocycles. The van der Waals surface area contributed by atoms with Gasteiger partial charge in [-0.3, -0.25) is 5.43 Å². The van der Waals surface area contributed by atoms with Crippen LogP contribution in [0.2, 0.25) is 0 Å². The number of nitrogens with zero attached hydrogens (tertiary/aromatic N) is 2. The Morgan fingerprint density at radius 1 is 1.17 bits per heavy atom. The van der Waals surface area contributed by atoms with Gasteiger partial charge >= 0.3 is 0 Å². The SMILES string of the molecule is CC(C)=NC(=S)N/N=C(/C)CCc1ccccc1. The van der Waals surface area contributed by atoms with Crippen LogP contribution in [0, 0.1) is 0 Å². The predicted molar refractivity (Wildman–Crippen MR) is 82.4 cm³/mol. The van der Waals surface area contributed by atoms with Gasteiger partial charge in [0.25, 0.3) is 0 Å². The Balaban J connectivity index is 2.39. The summed E-state index contributed by atoms with van der Waals surface area (Å²) in [6.45, 7) is 5.79. The molecule has 0 saturated heterocycles. The normalized spacial score (nSPS) is 10.9. The van der Waals surface area contributed by atoms with Crippen molar-refractivity contribution in [3.63, 3.8) is 0 Å². The Hall–Kier alpha value is -1.55. The van der Waals surface area contributed by atoms with Crippen LogP contribution in [0.5, 0.6) is 0 Å². The standard InChI is InChI=1S/C14H19N3S/c1-11(2)15-14(18)17-16-12(3)9-10-13-7-5-4-6-8-13/h4-8H,9-10H2,1-3H3,(H,17,18)/b16-12-. The molecule has 0 atom stereocenters. The summed E-state index contributed by atoms with van der Waals surface area (Å²) in [6, 6.07) is 10.4. The Bertz CT molecular complexity index is 445. The molecule has 1 N–H and O–H groups in total. The molecule has 0 amide bonds. The van der Waals surface area contributed by atoms with Crippen LogP contribution in [0.15, 0.2) is 40.4 Å². The molecule has 0 spiro atoms. The molecule has 0 heterocycles. The fourth-order valence-corrected chi connectivity index (χ4v) is 1.63. The lowest BCUT2D eigenvalue weighted by atomic mass is 10.1. The molecule has 3 nitrogen and oxygen atoms in total. The summed E-state index contributed by atoms with van der Waals surface area (Å²) in [7, 11) is 0. The first kappa shape index (κ1) is 14.5. The number of hydrogen-bond donors (Lipinski definition) is 1. The van der Waals surface area contributed by atoms with Gasteiger partial charge in [-0.15, -0.1) is 0 Å². The topological polar surface area (TPSA) is 36.8 Å². The van der Waals surface area contributed by atoms with Crippen molar-refractivity contribution >= 4 is 28.8 Å². The summed E-state index contributed by atoms with van der Waals surface area (Å²) in [5, 5.41) is 4.62. The second-order valence-electron chi connectivity index (χ2n) is 4.31. The lowest BCUT2D eigenvalue weighted by Gasteiger charge is -2.02. The first-order valence-electron chi connectivity index (χ1n) is 5.97.